The molecule has 0 fully saturated rings. The third kappa shape index (κ3) is 5.35. The molecular weight excluding hydrogens is 322 g/mol. The number of nitrogens with zero attached hydrogens (tertiary/aromatic N) is 1. The van der Waals surface area contributed by atoms with Crippen LogP contribution in [0, 0.1) is 0 Å². The summed E-state index contributed by atoms with van der Waals surface area (Å²) in [7, 11) is 0. The second-order valence-electron chi connectivity index (χ2n) is 6.53. The molecule has 2 rings (SSSR count). The predicted molar refractivity (Wildman–Crippen MR) is 94.9 cm³/mol. The van der Waals surface area contributed by atoms with Gasteiger partial charge in [-0.15, -0.1) is 0 Å². The lowest BCUT2D eigenvalue weighted by atomic mass is 10.2. The molecule has 138 valence electrons. The van der Waals surface area contributed by atoms with Crippen molar-refractivity contribution in [1.29, 1.82) is 0 Å². The lowest BCUT2D eigenvalue weighted by molar-refractivity contribution is -0.120. The number of ether oxygens (including phenoxy) is 2. The van der Waals surface area contributed by atoms with Crippen LogP contribution >= 0.6 is 0 Å². The first kappa shape index (κ1) is 19.1. The molecule has 0 unspecified atom stereocenters. The van der Waals surface area contributed by atoms with Crippen LogP contribution in [0.3, 0.4) is 0 Å². The molecule has 2 N–H and O–H groups in total. The van der Waals surface area contributed by atoms with E-state index in [1.165, 1.54) is 0 Å². The molecule has 1 aromatic rings. The number of fused-ring (bicyclic) bond motifs is 1. The molecule has 1 aromatic carbocycles. The Morgan fingerprint density at radius 1 is 1.08 bits per heavy atom. The van der Waals surface area contributed by atoms with Crippen molar-refractivity contribution in [3.05, 3.63) is 23.8 Å². The minimum Gasteiger partial charge on any atom is -0.454 e. The summed E-state index contributed by atoms with van der Waals surface area (Å²) < 4.78 is 10.4. The van der Waals surface area contributed by atoms with E-state index in [4.69, 9.17) is 9.47 Å². The SMILES string of the molecule is CC(C)N(CCNC(=O)CNC(=O)c1ccc2c(c1)OCO2)C(C)C. The van der Waals surface area contributed by atoms with Gasteiger partial charge in [-0.05, 0) is 45.9 Å². The Morgan fingerprint density at radius 2 is 1.76 bits per heavy atom. The van der Waals surface area contributed by atoms with Gasteiger partial charge in [0.05, 0.1) is 6.54 Å². The topological polar surface area (TPSA) is 79.9 Å². The highest BCUT2D eigenvalue weighted by Crippen LogP contribution is 2.32. The standard InChI is InChI=1S/C18H27N3O4/c1-12(2)21(13(3)4)8-7-19-17(22)10-20-18(23)14-5-6-15-16(9-14)25-11-24-15/h5-6,9,12-13H,7-8,10-11H2,1-4H3,(H,19,22)(H,20,23). The summed E-state index contributed by atoms with van der Waals surface area (Å²) >= 11 is 0. The van der Waals surface area contributed by atoms with Crippen LogP contribution in [0.1, 0.15) is 38.1 Å². The average molecular weight is 349 g/mol. The van der Waals surface area contributed by atoms with E-state index in [0.29, 0.717) is 35.7 Å². The van der Waals surface area contributed by atoms with Gasteiger partial charge in [-0.25, -0.2) is 0 Å². The van der Waals surface area contributed by atoms with E-state index >= 15 is 0 Å². The van der Waals surface area contributed by atoms with Crippen LogP contribution in [-0.2, 0) is 4.79 Å². The summed E-state index contributed by atoms with van der Waals surface area (Å²) in [4.78, 5) is 26.3. The van der Waals surface area contributed by atoms with Gasteiger partial charge in [-0.2, -0.15) is 0 Å². The molecular formula is C18H27N3O4. The minimum absolute atomic E-state index is 0.0589. The smallest absolute Gasteiger partial charge is 0.251 e. The van der Waals surface area contributed by atoms with E-state index in [-0.39, 0.29) is 25.2 Å². The molecule has 0 aromatic heterocycles. The van der Waals surface area contributed by atoms with Crippen molar-refractivity contribution >= 4 is 11.8 Å². The van der Waals surface area contributed by atoms with E-state index in [0.717, 1.165) is 6.54 Å². The molecule has 0 radical (unpaired) electrons. The number of nitrogens with one attached hydrogen (secondary N) is 2. The fourth-order valence-corrected chi connectivity index (χ4v) is 2.80. The third-order valence-corrected chi connectivity index (χ3v) is 4.06. The largest absolute Gasteiger partial charge is 0.454 e. The van der Waals surface area contributed by atoms with E-state index in [1.807, 2.05) is 0 Å². The second kappa shape index (κ2) is 8.71. The number of carbonyl (C=O) groups is 2. The van der Waals surface area contributed by atoms with Crippen LogP contribution in [0.5, 0.6) is 11.5 Å². The number of hydrogen-bond acceptors (Lipinski definition) is 5. The highest BCUT2D eigenvalue weighted by Gasteiger charge is 2.17. The number of carbonyl (C=O) groups excluding carboxylic acids is 2. The Morgan fingerprint density at radius 3 is 2.44 bits per heavy atom. The third-order valence-electron chi connectivity index (χ3n) is 4.06. The molecule has 0 saturated heterocycles. The Bertz CT molecular complexity index is 608. The van der Waals surface area contributed by atoms with Crippen LogP contribution in [0.25, 0.3) is 0 Å². The van der Waals surface area contributed by atoms with E-state index < -0.39 is 0 Å². The Balaban J connectivity index is 1.73. The van der Waals surface area contributed by atoms with Gasteiger partial charge in [-0.1, -0.05) is 0 Å². The second-order valence-corrected chi connectivity index (χ2v) is 6.53. The van der Waals surface area contributed by atoms with Gasteiger partial charge in [0, 0.05) is 30.7 Å². The maximum atomic E-state index is 12.1. The Kier molecular flexibility index (Phi) is 6.64. The van der Waals surface area contributed by atoms with E-state index in [1.54, 1.807) is 18.2 Å². The Hall–Kier alpha value is -2.28. The number of rotatable bonds is 8. The molecule has 0 spiro atoms. The van der Waals surface area contributed by atoms with Crippen molar-refractivity contribution in [2.75, 3.05) is 26.4 Å². The minimum atomic E-state index is -0.320. The van der Waals surface area contributed by atoms with Crippen molar-refractivity contribution < 1.29 is 19.1 Å². The van der Waals surface area contributed by atoms with Gasteiger partial charge in [0.1, 0.15) is 0 Å². The molecule has 1 aliphatic heterocycles. The first-order valence-corrected chi connectivity index (χ1v) is 8.58. The first-order chi connectivity index (χ1) is 11.9. The van der Waals surface area contributed by atoms with Crippen molar-refractivity contribution in [2.45, 2.75) is 39.8 Å². The van der Waals surface area contributed by atoms with Gasteiger partial charge >= 0.3 is 0 Å². The summed E-state index contributed by atoms with van der Waals surface area (Å²) in [6.07, 6.45) is 0. The molecule has 0 aliphatic carbocycles. The van der Waals surface area contributed by atoms with Crippen LogP contribution < -0.4 is 20.1 Å². The molecule has 7 nitrogen and oxygen atoms in total. The summed E-state index contributed by atoms with van der Waals surface area (Å²) in [6, 6.07) is 5.78. The van der Waals surface area contributed by atoms with Gasteiger partial charge in [-0.3, -0.25) is 14.5 Å². The molecule has 7 heteroatoms. The van der Waals surface area contributed by atoms with Gasteiger partial charge in [0.25, 0.3) is 5.91 Å². The zero-order valence-electron chi connectivity index (χ0n) is 15.3. The zero-order chi connectivity index (χ0) is 18.4. The van der Waals surface area contributed by atoms with Gasteiger partial charge in [0.2, 0.25) is 12.7 Å². The van der Waals surface area contributed by atoms with Crippen LogP contribution in [0.2, 0.25) is 0 Å². The molecule has 0 saturated carbocycles. The lowest BCUT2D eigenvalue weighted by Crippen LogP contribution is -2.44. The summed E-state index contributed by atoms with van der Waals surface area (Å²) in [6.45, 7) is 9.96. The Labute approximate surface area is 148 Å². The van der Waals surface area contributed by atoms with Gasteiger partial charge in [0.15, 0.2) is 11.5 Å². The molecule has 1 aliphatic rings. The van der Waals surface area contributed by atoms with E-state index in [9.17, 15) is 9.59 Å². The molecule has 0 bridgehead atoms. The quantitative estimate of drug-likeness (QED) is 0.741. The maximum absolute atomic E-state index is 12.1. The highest BCUT2D eigenvalue weighted by molar-refractivity contribution is 5.97. The molecule has 2 amide bonds. The number of amides is 2. The number of benzene rings is 1. The van der Waals surface area contributed by atoms with Crippen LogP contribution in [-0.4, -0.2) is 55.2 Å². The van der Waals surface area contributed by atoms with Crippen LogP contribution in [0.15, 0.2) is 18.2 Å². The summed E-state index contributed by atoms with van der Waals surface area (Å²) in [5, 5.41) is 5.44. The normalized spacial score (nSPS) is 12.8. The summed E-state index contributed by atoms with van der Waals surface area (Å²) in [5.74, 6) is 0.634. The van der Waals surface area contributed by atoms with Crippen molar-refractivity contribution in [3.63, 3.8) is 0 Å². The van der Waals surface area contributed by atoms with Gasteiger partial charge < -0.3 is 20.1 Å². The fraction of sp³-hybridized carbons (Fsp3) is 0.556. The summed E-state index contributed by atoms with van der Waals surface area (Å²) in [5.41, 5.74) is 0.433. The van der Waals surface area contributed by atoms with Crippen molar-refractivity contribution in [2.24, 2.45) is 0 Å². The zero-order valence-corrected chi connectivity index (χ0v) is 15.3. The van der Waals surface area contributed by atoms with E-state index in [2.05, 4.69) is 43.2 Å². The lowest BCUT2D eigenvalue weighted by Gasteiger charge is -2.30. The molecule has 0 atom stereocenters. The molecule has 1 heterocycles. The average Bonchev–Trinajstić information content (AvgIpc) is 3.03. The molecule has 25 heavy (non-hydrogen) atoms. The monoisotopic (exact) mass is 349 g/mol. The van der Waals surface area contributed by atoms with Crippen molar-refractivity contribution in [1.82, 2.24) is 15.5 Å². The maximum Gasteiger partial charge on any atom is 0.251 e. The number of hydrogen-bond donors (Lipinski definition) is 2. The fourth-order valence-electron chi connectivity index (χ4n) is 2.80. The van der Waals surface area contributed by atoms with Crippen LogP contribution in [0.4, 0.5) is 0 Å². The first-order valence-electron chi connectivity index (χ1n) is 8.58. The predicted octanol–water partition coefficient (Wildman–Crippen LogP) is 1.38. The highest BCUT2D eigenvalue weighted by atomic mass is 16.7. The van der Waals surface area contributed by atoms with Crippen molar-refractivity contribution in [3.8, 4) is 11.5 Å².